The van der Waals surface area contributed by atoms with Gasteiger partial charge in [0.2, 0.25) is 11.8 Å². The zero-order chi connectivity index (χ0) is 17.4. The number of aromatic nitrogens is 2. The number of carbonyl (C=O) groups is 1. The zero-order valence-electron chi connectivity index (χ0n) is 13.9. The van der Waals surface area contributed by atoms with Crippen LogP contribution in [-0.2, 0) is 17.6 Å². The van der Waals surface area contributed by atoms with E-state index in [2.05, 4.69) is 28.5 Å². The first kappa shape index (κ1) is 16.6. The number of fused-ring (bicyclic) bond motifs is 1. The van der Waals surface area contributed by atoms with Crippen molar-refractivity contribution in [1.29, 1.82) is 5.26 Å². The molecule has 2 heterocycles. The maximum atomic E-state index is 12.3. The number of thioether (sulfide) groups is 1. The molecule has 0 radical (unpaired) electrons. The van der Waals surface area contributed by atoms with Gasteiger partial charge in [-0.2, -0.15) is 5.26 Å². The maximum Gasteiger partial charge on any atom is 0.277 e. The number of anilines is 1. The fourth-order valence-corrected chi connectivity index (χ4v) is 4.97. The lowest BCUT2D eigenvalue weighted by Gasteiger charge is -2.17. The first-order valence-electron chi connectivity index (χ1n) is 8.44. The van der Waals surface area contributed by atoms with Gasteiger partial charge in [0.1, 0.15) is 11.1 Å². The van der Waals surface area contributed by atoms with Crippen LogP contribution in [0.2, 0.25) is 0 Å². The number of nitriles is 1. The normalized spacial score (nSPS) is 19.3. The lowest BCUT2D eigenvalue weighted by atomic mass is 9.89. The Hall–Kier alpha value is -1.85. The molecule has 2 aromatic heterocycles. The summed E-state index contributed by atoms with van der Waals surface area (Å²) < 4.78 is 5.54. The summed E-state index contributed by atoms with van der Waals surface area (Å²) >= 11 is 2.77. The fraction of sp³-hybridized carbons (Fsp3) is 0.529. The van der Waals surface area contributed by atoms with Crippen molar-refractivity contribution in [2.75, 3.05) is 11.1 Å². The second kappa shape index (κ2) is 6.81. The third-order valence-corrected chi connectivity index (χ3v) is 6.54. The van der Waals surface area contributed by atoms with Crippen LogP contribution in [-0.4, -0.2) is 21.9 Å². The maximum absolute atomic E-state index is 12.3. The average Bonchev–Trinajstić information content (AvgIpc) is 3.23. The van der Waals surface area contributed by atoms with Crippen molar-refractivity contribution in [1.82, 2.24) is 10.2 Å². The molecule has 1 saturated carbocycles. The van der Waals surface area contributed by atoms with Gasteiger partial charge in [-0.05, 0) is 43.6 Å². The number of hydrogen-bond donors (Lipinski definition) is 1. The van der Waals surface area contributed by atoms with Crippen LogP contribution in [0, 0.1) is 17.2 Å². The second-order valence-electron chi connectivity index (χ2n) is 6.69. The van der Waals surface area contributed by atoms with Crippen LogP contribution in [0.1, 0.15) is 54.0 Å². The van der Waals surface area contributed by atoms with Gasteiger partial charge in [0, 0.05) is 10.8 Å². The highest BCUT2D eigenvalue weighted by Crippen LogP contribution is 2.40. The van der Waals surface area contributed by atoms with Crippen LogP contribution in [0.4, 0.5) is 5.00 Å². The number of hydrogen-bond acceptors (Lipinski definition) is 7. The molecule has 6 nitrogen and oxygen atoms in total. The number of nitrogens with zero attached hydrogens (tertiary/aromatic N) is 3. The van der Waals surface area contributed by atoms with Crippen molar-refractivity contribution in [3.8, 4) is 6.07 Å². The van der Waals surface area contributed by atoms with Crippen molar-refractivity contribution in [3.05, 3.63) is 21.9 Å². The average molecular weight is 374 g/mol. The monoisotopic (exact) mass is 374 g/mol. The molecule has 0 saturated heterocycles. The Bertz CT molecular complexity index is 847. The van der Waals surface area contributed by atoms with Crippen molar-refractivity contribution >= 4 is 34.0 Å². The Morgan fingerprint density at radius 1 is 1.44 bits per heavy atom. The highest BCUT2D eigenvalue weighted by molar-refractivity contribution is 7.99. The van der Waals surface area contributed by atoms with Gasteiger partial charge in [-0.15, -0.1) is 21.5 Å². The number of carbonyl (C=O) groups excluding carboxylic acids is 1. The van der Waals surface area contributed by atoms with Crippen LogP contribution in [0.3, 0.4) is 0 Å². The summed E-state index contributed by atoms with van der Waals surface area (Å²) in [6.45, 7) is 2.23. The summed E-state index contributed by atoms with van der Waals surface area (Å²) in [5.74, 6) is 1.76. The summed E-state index contributed by atoms with van der Waals surface area (Å²) in [5, 5.41) is 21.5. The van der Waals surface area contributed by atoms with E-state index >= 15 is 0 Å². The molecule has 2 aromatic rings. The van der Waals surface area contributed by atoms with Crippen LogP contribution >= 0.6 is 23.1 Å². The summed E-state index contributed by atoms with van der Waals surface area (Å²) in [5.41, 5.74) is 1.76. The second-order valence-corrected chi connectivity index (χ2v) is 8.72. The molecule has 4 rings (SSSR count). The molecule has 0 unspecified atom stereocenters. The molecule has 1 atom stereocenters. The predicted octanol–water partition coefficient (Wildman–Crippen LogP) is 3.74. The Morgan fingerprint density at radius 3 is 3.04 bits per heavy atom. The third kappa shape index (κ3) is 3.58. The van der Waals surface area contributed by atoms with E-state index in [1.165, 1.54) is 16.6 Å². The van der Waals surface area contributed by atoms with Crippen molar-refractivity contribution < 1.29 is 9.21 Å². The minimum absolute atomic E-state index is 0.153. The zero-order valence-corrected chi connectivity index (χ0v) is 15.5. The Morgan fingerprint density at radius 2 is 2.28 bits per heavy atom. The molecule has 0 bridgehead atoms. The van der Waals surface area contributed by atoms with Gasteiger partial charge in [-0.25, -0.2) is 0 Å². The largest absolute Gasteiger partial charge is 0.416 e. The summed E-state index contributed by atoms with van der Waals surface area (Å²) in [6, 6.07) is 2.27. The number of thiophene rings is 1. The first-order valence-corrected chi connectivity index (χ1v) is 10.2. The quantitative estimate of drug-likeness (QED) is 0.802. The van der Waals surface area contributed by atoms with Crippen molar-refractivity contribution in [2.45, 2.75) is 50.2 Å². The molecule has 25 heavy (non-hydrogen) atoms. The summed E-state index contributed by atoms with van der Waals surface area (Å²) in [6.07, 6.45) is 5.22. The fourth-order valence-electron chi connectivity index (χ4n) is 3.02. The van der Waals surface area contributed by atoms with E-state index in [1.54, 1.807) is 11.3 Å². The Kier molecular flexibility index (Phi) is 4.52. The molecular formula is C17H18N4O2S2. The Labute approximate surface area is 154 Å². The van der Waals surface area contributed by atoms with E-state index in [0.717, 1.165) is 37.7 Å². The third-order valence-electron chi connectivity index (χ3n) is 4.55. The van der Waals surface area contributed by atoms with Gasteiger partial charge in [-0.3, -0.25) is 4.79 Å². The standard InChI is InChI=1S/C17H18N4O2S2/c1-9-2-5-11-12(7-18)16(25-13(11)6-9)19-14(22)8-24-17-21-20-15(23-17)10-3-4-10/h9-10H,2-6,8H2,1H3,(H,19,22)/t9-/m1/s1. The number of rotatable bonds is 5. The highest BCUT2D eigenvalue weighted by atomic mass is 32.2. The Balaban J connectivity index is 1.39. The van der Waals surface area contributed by atoms with Gasteiger partial charge in [0.25, 0.3) is 5.22 Å². The van der Waals surface area contributed by atoms with Crippen molar-refractivity contribution in [2.24, 2.45) is 5.92 Å². The molecular weight excluding hydrogens is 356 g/mol. The van der Waals surface area contributed by atoms with E-state index in [1.807, 2.05) is 0 Å². The van der Waals surface area contributed by atoms with Crippen LogP contribution in [0.5, 0.6) is 0 Å². The molecule has 0 aromatic carbocycles. The topological polar surface area (TPSA) is 91.8 Å². The molecule has 1 fully saturated rings. The van der Waals surface area contributed by atoms with E-state index in [0.29, 0.717) is 33.5 Å². The van der Waals surface area contributed by atoms with Gasteiger partial charge in [0.15, 0.2) is 0 Å². The first-order chi connectivity index (χ1) is 12.1. The van der Waals surface area contributed by atoms with Crippen LogP contribution in [0.15, 0.2) is 9.64 Å². The summed E-state index contributed by atoms with van der Waals surface area (Å²) in [7, 11) is 0. The lowest BCUT2D eigenvalue weighted by Crippen LogP contribution is -2.14. The van der Waals surface area contributed by atoms with Crippen LogP contribution < -0.4 is 5.32 Å². The van der Waals surface area contributed by atoms with Gasteiger partial charge >= 0.3 is 0 Å². The van der Waals surface area contributed by atoms with Crippen molar-refractivity contribution in [3.63, 3.8) is 0 Å². The predicted molar refractivity (Wildman–Crippen MR) is 95.8 cm³/mol. The van der Waals surface area contributed by atoms with E-state index in [4.69, 9.17) is 4.42 Å². The molecule has 8 heteroatoms. The van der Waals surface area contributed by atoms with E-state index in [-0.39, 0.29) is 11.7 Å². The molecule has 0 spiro atoms. The molecule has 1 amide bonds. The molecule has 2 aliphatic carbocycles. The molecule has 0 aliphatic heterocycles. The minimum Gasteiger partial charge on any atom is -0.416 e. The SMILES string of the molecule is C[C@@H]1CCc2c(sc(NC(=O)CSc3nnc(C4CC4)o3)c2C#N)C1. The summed E-state index contributed by atoms with van der Waals surface area (Å²) in [4.78, 5) is 13.5. The molecule has 2 aliphatic rings. The van der Waals surface area contributed by atoms with Gasteiger partial charge < -0.3 is 9.73 Å². The van der Waals surface area contributed by atoms with Crippen LogP contribution in [0.25, 0.3) is 0 Å². The number of amides is 1. The van der Waals surface area contributed by atoms with Gasteiger partial charge in [-0.1, -0.05) is 18.7 Å². The molecule has 130 valence electrons. The van der Waals surface area contributed by atoms with E-state index in [9.17, 15) is 10.1 Å². The van der Waals surface area contributed by atoms with E-state index < -0.39 is 0 Å². The lowest BCUT2D eigenvalue weighted by molar-refractivity contribution is -0.113. The highest BCUT2D eigenvalue weighted by Gasteiger charge is 2.29. The van der Waals surface area contributed by atoms with Gasteiger partial charge in [0.05, 0.1) is 11.3 Å². The molecule has 1 N–H and O–H groups in total. The number of nitrogens with one attached hydrogen (secondary N) is 1. The smallest absolute Gasteiger partial charge is 0.277 e. The minimum atomic E-state index is -0.153.